The lowest BCUT2D eigenvalue weighted by atomic mass is 9.72. The second-order valence-corrected chi connectivity index (χ2v) is 5.71. The van der Waals surface area contributed by atoms with Gasteiger partial charge in [0.25, 0.3) is 0 Å². The Morgan fingerprint density at radius 1 is 1.20 bits per heavy atom. The van der Waals surface area contributed by atoms with E-state index in [2.05, 4.69) is 19.9 Å². The van der Waals surface area contributed by atoms with Crippen LogP contribution in [0.5, 0.6) is 5.75 Å². The number of rotatable bonds is 5. The molecule has 0 aliphatic heterocycles. The molecule has 0 amide bonds. The fourth-order valence-corrected chi connectivity index (χ4v) is 3.47. The molecule has 0 aromatic heterocycles. The number of carbonyl (C=O) groups excluding carboxylic acids is 1. The lowest BCUT2D eigenvalue weighted by molar-refractivity contribution is -0.115. The summed E-state index contributed by atoms with van der Waals surface area (Å²) in [6, 6.07) is 7.60. The third-order valence-electron chi connectivity index (χ3n) is 4.55. The summed E-state index contributed by atoms with van der Waals surface area (Å²) in [6.45, 7) is 4.45. The topological polar surface area (TPSA) is 37.3 Å². The normalized spacial score (nSPS) is 21.7. The van der Waals surface area contributed by atoms with Gasteiger partial charge in [0.15, 0.2) is 5.78 Å². The highest BCUT2D eigenvalue weighted by Gasteiger charge is 2.28. The largest absolute Gasteiger partial charge is 0.508 e. The van der Waals surface area contributed by atoms with Crippen LogP contribution in [-0.2, 0) is 4.79 Å². The minimum atomic E-state index is 0.258. The van der Waals surface area contributed by atoms with Gasteiger partial charge in [-0.25, -0.2) is 0 Å². The van der Waals surface area contributed by atoms with Gasteiger partial charge < -0.3 is 5.11 Å². The molecule has 0 heterocycles. The number of hydrogen-bond acceptors (Lipinski definition) is 2. The average molecular weight is 272 g/mol. The van der Waals surface area contributed by atoms with Crippen LogP contribution in [0.4, 0.5) is 0 Å². The predicted molar refractivity (Wildman–Crippen MR) is 81.8 cm³/mol. The lowest BCUT2D eigenvalue weighted by Gasteiger charge is -2.32. The van der Waals surface area contributed by atoms with Crippen LogP contribution in [0, 0.1) is 11.8 Å². The third-order valence-corrected chi connectivity index (χ3v) is 4.55. The standard InChI is InChI=1S/C18H24O2/c1-3-17(13-5-9-15(19)10-6-13)18(4-2)14-7-11-16(20)12-8-14/h5-7,9-11,14,17-19H,3-4,8,12H2,1-2H3/t14?,17-,18-/m1/s1. The lowest BCUT2D eigenvalue weighted by Crippen LogP contribution is -2.23. The fraction of sp³-hybridized carbons (Fsp3) is 0.500. The summed E-state index contributed by atoms with van der Waals surface area (Å²) >= 11 is 0. The van der Waals surface area contributed by atoms with Crippen molar-refractivity contribution in [3.8, 4) is 5.75 Å². The molecule has 0 bridgehead atoms. The minimum absolute atomic E-state index is 0.258. The van der Waals surface area contributed by atoms with Gasteiger partial charge in [-0.3, -0.25) is 4.79 Å². The quantitative estimate of drug-likeness (QED) is 0.860. The number of aromatic hydroxyl groups is 1. The highest BCUT2D eigenvalue weighted by Crippen LogP contribution is 2.39. The van der Waals surface area contributed by atoms with E-state index in [1.165, 1.54) is 5.56 Å². The number of carbonyl (C=O) groups is 1. The number of phenolic OH excluding ortho intramolecular Hbond substituents is 1. The summed E-state index contributed by atoms with van der Waals surface area (Å²) < 4.78 is 0. The van der Waals surface area contributed by atoms with Crippen molar-refractivity contribution >= 4 is 5.78 Å². The van der Waals surface area contributed by atoms with E-state index in [-0.39, 0.29) is 5.78 Å². The van der Waals surface area contributed by atoms with E-state index in [1.54, 1.807) is 18.2 Å². The molecule has 1 aliphatic rings. The SMILES string of the molecule is CC[C@H](c1ccc(O)cc1)[C@H](CC)C1C=CC(=O)CC1. The van der Waals surface area contributed by atoms with Gasteiger partial charge in [-0.1, -0.05) is 38.5 Å². The molecule has 108 valence electrons. The molecule has 0 radical (unpaired) electrons. The Bertz CT molecular complexity index is 473. The van der Waals surface area contributed by atoms with Crippen LogP contribution in [0.25, 0.3) is 0 Å². The van der Waals surface area contributed by atoms with E-state index in [9.17, 15) is 9.90 Å². The summed E-state index contributed by atoms with van der Waals surface area (Å²) in [5.74, 6) is 2.13. The molecule has 3 atom stereocenters. The number of ketones is 1. The van der Waals surface area contributed by atoms with Gasteiger partial charge in [0, 0.05) is 6.42 Å². The summed E-state index contributed by atoms with van der Waals surface area (Å²) in [5.41, 5.74) is 1.29. The fourth-order valence-electron chi connectivity index (χ4n) is 3.47. The van der Waals surface area contributed by atoms with Crippen molar-refractivity contribution in [2.24, 2.45) is 11.8 Å². The van der Waals surface area contributed by atoms with Crippen molar-refractivity contribution in [3.63, 3.8) is 0 Å². The predicted octanol–water partition coefficient (Wildman–Crippen LogP) is 4.45. The summed E-state index contributed by atoms with van der Waals surface area (Å²) in [5, 5.41) is 9.44. The molecule has 2 nitrogen and oxygen atoms in total. The van der Waals surface area contributed by atoms with E-state index < -0.39 is 0 Å². The Kier molecular flexibility index (Phi) is 4.99. The molecule has 1 aromatic carbocycles. The molecule has 20 heavy (non-hydrogen) atoms. The zero-order chi connectivity index (χ0) is 14.5. The van der Waals surface area contributed by atoms with E-state index in [0.717, 1.165) is 19.3 Å². The van der Waals surface area contributed by atoms with Gasteiger partial charge in [-0.15, -0.1) is 0 Å². The summed E-state index contributed by atoms with van der Waals surface area (Å²) in [4.78, 5) is 11.4. The van der Waals surface area contributed by atoms with E-state index in [0.29, 0.717) is 29.9 Å². The molecule has 0 saturated heterocycles. The summed E-state index contributed by atoms with van der Waals surface area (Å²) in [6.07, 6.45) is 7.74. The number of phenols is 1. The van der Waals surface area contributed by atoms with Crippen LogP contribution in [0.2, 0.25) is 0 Å². The van der Waals surface area contributed by atoms with Gasteiger partial charge in [-0.05, 0) is 54.4 Å². The maximum atomic E-state index is 11.4. The van der Waals surface area contributed by atoms with Crippen molar-refractivity contribution in [3.05, 3.63) is 42.0 Å². The van der Waals surface area contributed by atoms with Crippen molar-refractivity contribution in [1.29, 1.82) is 0 Å². The van der Waals surface area contributed by atoms with Crippen molar-refractivity contribution < 1.29 is 9.90 Å². The maximum absolute atomic E-state index is 11.4. The van der Waals surface area contributed by atoms with Crippen LogP contribution >= 0.6 is 0 Å². The molecule has 2 rings (SSSR count). The van der Waals surface area contributed by atoms with Crippen LogP contribution in [-0.4, -0.2) is 10.9 Å². The molecule has 2 heteroatoms. The molecule has 0 saturated carbocycles. The average Bonchev–Trinajstić information content (AvgIpc) is 2.47. The van der Waals surface area contributed by atoms with Gasteiger partial charge >= 0.3 is 0 Å². The Labute approximate surface area is 121 Å². The maximum Gasteiger partial charge on any atom is 0.155 e. The Balaban J connectivity index is 2.21. The van der Waals surface area contributed by atoms with Gasteiger partial charge in [-0.2, -0.15) is 0 Å². The van der Waals surface area contributed by atoms with Gasteiger partial charge in [0.05, 0.1) is 0 Å². The van der Waals surface area contributed by atoms with E-state index in [1.807, 2.05) is 12.1 Å². The third kappa shape index (κ3) is 3.30. The molecule has 0 fully saturated rings. The molecular formula is C18H24O2. The molecule has 1 unspecified atom stereocenters. The first-order valence-electron chi connectivity index (χ1n) is 7.65. The molecule has 1 aliphatic carbocycles. The molecule has 1 aromatic rings. The number of hydrogen-bond donors (Lipinski definition) is 1. The summed E-state index contributed by atoms with van der Waals surface area (Å²) in [7, 11) is 0. The zero-order valence-electron chi connectivity index (χ0n) is 12.4. The van der Waals surface area contributed by atoms with Crippen LogP contribution < -0.4 is 0 Å². The smallest absolute Gasteiger partial charge is 0.155 e. The first-order chi connectivity index (χ1) is 9.65. The number of benzene rings is 1. The second kappa shape index (κ2) is 6.74. The van der Waals surface area contributed by atoms with Crippen molar-refractivity contribution in [1.82, 2.24) is 0 Å². The first-order valence-corrected chi connectivity index (χ1v) is 7.65. The number of allylic oxidation sites excluding steroid dienone is 2. The van der Waals surface area contributed by atoms with Gasteiger partial charge in [0.2, 0.25) is 0 Å². The van der Waals surface area contributed by atoms with Crippen molar-refractivity contribution in [2.45, 2.75) is 45.4 Å². The highest BCUT2D eigenvalue weighted by molar-refractivity contribution is 5.90. The molecule has 0 spiro atoms. The van der Waals surface area contributed by atoms with Crippen LogP contribution in [0.1, 0.15) is 51.0 Å². The van der Waals surface area contributed by atoms with Crippen molar-refractivity contribution in [2.75, 3.05) is 0 Å². The van der Waals surface area contributed by atoms with E-state index >= 15 is 0 Å². The molecule has 1 N–H and O–H groups in total. The Morgan fingerprint density at radius 2 is 1.90 bits per heavy atom. The monoisotopic (exact) mass is 272 g/mol. The van der Waals surface area contributed by atoms with Crippen LogP contribution in [0.15, 0.2) is 36.4 Å². The zero-order valence-corrected chi connectivity index (χ0v) is 12.4. The van der Waals surface area contributed by atoms with Gasteiger partial charge in [0.1, 0.15) is 5.75 Å². The first kappa shape index (κ1) is 14.8. The Morgan fingerprint density at radius 3 is 2.40 bits per heavy atom. The minimum Gasteiger partial charge on any atom is -0.508 e. The second-order valence-electron chi connectivity index (χ2n) is 5.71. The molecular weight excluding hydrogens is 248 g/mol. The van der Waals surface area contributed by atoms with E-state index in [4.69, 9.17) is 0 Å². The highest BCUT2D eigenvalue weighted by atomic mass is 16.3. The Hall–Kier alpha value is -1.57. The van der Waals surface area contributed by atoms with Crippen LogP contribution in [0.3, 0.4) is 0 Å².